The number of rotatable bonds is 5. The van der Waals surface area contributed by atoms with Crippen LogP contribution in [0.1, 0.15) is 11.4 Å². The van der Waals surface area contributed by atoms with Gasteiger partial charge in [0.05, 0.1) is 33.2 Å². The van der Waals surface area contributed by atoms with Gasteiger partial charge < -0.3 is 9.47 Å². The number of methoxy groups -OCH3 is 1. The first-order valence-corrected chi connectivity index (χ1v) is 8.55. The lowest BCUT2D eigenvalue weighted by atomic mass is 10.2. The largest absolute Gasteiger partial charge is 0.497 e. The van der Waals surface area contributed by atoms with E-state index in [-0.39, 0.29) is 11.4 Å². The van der Waals surface area contributed by atoms with Gasteiger partial charge >= 0.3 is 6.18 Å². The SMILES string of the molecule is COc1ccc(/C=N\n2c(C(F)(F)F)nn(CN3CCOCC3)c2=S)cc1. The molecule has 0 N–H and O–H groups in total. The van der Waals surface area contributed by atoms with Crippen LogP contribution in [0.25, 0.3) is 0 Å². The normalized spacial score (nSPS) is 16.1. The zero-order valence-corrected chi connectivity index (χ0v) is 15.3. The van der Waals surface area contributed by atoms with Crippen molar-refractivity contribution in [3.63, 3.8) is 0 Å². The number of ether oxygens (including phenoxy) is 2. The average molecular weight is 401 g/mol. The van der Waals surface area contributed by atoms with Gasteiger partial charge in [-0.2, -0.15) is 22.9 Å². The van der Waals surface area contributed by atoms with Crippen molar-refractivity contribution in [3.05, 3.63) is 40.4 Å². The minimum Gasteiger partial charge on any atom is -0.497 e. The van der Waals surface area contributed by atoms with Crippen LogP contribution in [0.5, 0.6) is 5.75 Å². The second-order valence-corrected chi connectivity index (χ2v) is 6.17. The van der Waals surface area contributed by atoms with E-state index in [0.29, 0.717) is 42.3 Å². The molecule has 0 radical (unpaired) electrons. The third-order valence-electron chi connectivity index (χ3n) is 3.95. The number of alkyl halides is 3. The Morgan fingerprint density at radius 3 is 2.52 bits per heavy atom. The van der Waals surface area contributed by atoms with Crippen LogP contribution in [0.3, 0.4) is 0 Å². The lowest BCUT2D eigenvalue weighted by Gasteiger charge is -2.25. The van der Waals surface area contributed by atoms with Crippen molar-refractivity contribution in [2.45, 2.75) is 12.8 Å². The molecular weight excluding hydrogens is 383 g/mol. The summed E-state index contributed by atoms with van der Waals surface area (Å²) in [4.78, 5) is 1.92. The van der Waals surface area contributed by atoms with Crippen molar-refractivity contribution >= 4 is 18.4 Å². The molecule has 2 aromatic rings. The minimum atomic E-state index is -4.68. The van der Waals surface area contributed by atoms with E-state index in [0.717, 1.165) is 4.68 Å². The van der Waals surface area contributed by atoms with Crippen LogP contribution in [0.4, 0.5) is 13.2 Å². The summed E-state index contributed by atoms with van der Waals surface area (Å²) in [5, 5.41) is 7.56. The van der Waals surface area contributed by atoms with Crippen molar-refractivity contribution in [1.29, 1.82) is 0 Å². The molecule has 0 spiro atoms. The predicted molar refractivity (Wildman–Crippen MR) is 94.4 cm³/mol. The summed E-state index contributed by atoms with van der Waals surface area (Å²) in [5.41, 5.74) is 0.603. The molecule has 0 bridgehead atoms. The molecule has 2 heterocycles. The first-order chi connectivity index (χ1) is 12.9. The van der Waals surface area contributed by atoms with Gasteiger partial charge in [0.1, 0.15) is 5.75 Å². The Labute approximate surface area is 158 Å². The topological polar surface area (TPSA) is 56.8 Å². The summed E-state index contributed by atoms with van der Waals surface area (Å²) < 4.78 is 52.1. The molecule has 1 aromatic carbocycles. The summed E-state index contributed by atoms with van der Waals surface area (Å²) in [6, 6.07) is 6.73. The van der Waals surface area contributed by atoms with Crippen molar-refractivity contribution in [3.8, 4) is 5.75 Å². The van der Waals surface area contributed by atoms with Crippen LogP contribution < -0.4 is 4.74 Å². The quantitative estimate of drug-likeness (QED) is 0.570. The Morgan fingerprint density at radius 2 is 1.93 bits per heavy atom. The summed E-state index contributed by atoms with van der Waals surface area (Å²) in [7, 11) is 1.53. The van der Waals surface area contributed by atoms with Crippen LogP contribution in [-0.2, 0) is 17.6 Å². The second kappa shape index (κ2) is 8.19. The predicted octanol–water partition coefficient (Wildman–Crippen LogP) is 2.61. The molecule has 1 fully saturated rings. The monoisotopic (exact) mass is 401 g/mol. The van der Waals surface area contributed by atoms with E-state index in [1.54, 1.807) is 24.3 Å². The molecule has 0 amide bonds. The van der Waals surface area contributed by atoms with Gasteiger partial charge in [0, 0.05) is 13.1 Å². The van der Waals surface area contributed by atoms with Crippen molar-refractivity contribution in [2.75, 3.05) is 33.4 Å². The Hall–Kier alpha value is -2.24. The molecule has 1 aliphatic heterocycles. The molecule has 0 aliphatic carbocycles. The lowest BCUT2D eigenvalue weighted by Crippen LogP contribution is -2.37. The van der Waals surface area contributed by atoms with E-state index >= 15 is 0 Å². The maximum atomic E-state index is 13.4. The Morgan fingerprint density at radius 1 is 1.26 bits per heavy atom. The van der Waals surface area contributed by atoms with Gasteiger partial charge in [-0.05, 0) is 42.0 Å². The number of nitrogens with zero attached hydrogens (tertiary/aromatic N) is 5. The van der Waals surface area contributed by atoms with Crippen molar-refractivity contribution < 1.29 is 22.6 Å². The van der Waals surface area contributed by atoms with Gasteiger partial charge in [0.15, 0.2) is 0 Å². The van der Waals surface area contributed by atoms with Crippen LogP contribution in [0, 0.1) is 4.77 Å². The van der Waals surface area contributed by atoms with Crippen LogP contribution >= 0.6 is 12.2 Å². The van der Waals surface area contributed by atoms with E-state index in [4.69, 9.17) is 21.7 Å². The minimum absolute atomic E-state index is 0.126. The number of halogens is 3. The van der Waals surface area contributed by atoms with Crippen LogP contribution in [0.15, 0.2) is 29.4 Å². The summed E-state index contributed by atoms with van der Waals surface area (Å²) in [6.45, 7) is 2.40. The highest BCUT2D eigenvalue weighted by Gasteiger charge is 2.38. The maximum Gasteiger partial charge on any atom is 0.453 e. The molecule has 27 heavy (non-hydrogen) atoms. The zero-order valence-electron chi connectivity index (χ0n) is 14.5. The van der Waals surface area contributed by atoms with Gasteiger partial charge in [-0.1, -0.05) is 0 Å². The highest BCUT2D eigenvalue weighted by atomic mass is 32.1. The fraction of sp³-hybridized carbons (Fsp3) is 0.438. The fourth-order valence-electron chi connectivity index (χ4n) is 2.52. The summed E-state index contributed by atoms with van der Waals surface area (Å²) >= 11 is 5.18. The molecule has 0 unspecified atom stereocenters. The van der Waals surface area contributed by atoms with Gasteiger partial charge in [0.25, 0.3) is 5.82 Å². The molecule has 0 atom stereocenters. The Kier molecular flexibility index (Phi) is 5.92. The first-order valence-electron chi connectivity index (χ1n) is 8.14. The number of aromatic nitrogens is 3. The lowest BCUT2D eigenvalue weighted by molar-refractivity contribution is -0.147. The van der Waals surface area contributed by atoms with Gasteiger partial charge in [0.2, 0.25) is 4.77 Å². The number of hydrogen-bond acceptors (Lipinski definition) is 6. The van der Waals surface area contributed by atoms with E-state index in [2.05, 4.69) is 10.2 Å². The standard InChI is InChI=1S/C16H18F3N5O2S/c1-25-13-4-2-12(3-5-13)10-20-24-14(16(17,18)19)21-23(15(24)27)11-22-6-8-26-9-7-22/h2-5,10H,6-9,11H2,1H3/b20-10-. The zero-order chi connectivity index (χ0) is 19.4. The van der Waals surface area contributed by atoms with Gasteiger partial charge in [-0.15, -0.1) is 5.10 Å². The third-order valence-corrected chi connectivity index (χ3v) is 4.33. The number of benzene rings is 1. The Bertz CT molecular complexity index is 854. The molecule has 1 saturated heterocycles. The summed E-state index contributed by atoms with van der Waals surface area (Å²) in [5.74, 6) is -0.524. The van der Waals surface area contributed by atoms with Crippen molar-refractivity contribution in [1.82, 2.24) is 19.4 Å². The molecule has 1 aliphatic rings. The smallest absolute Gasteiger partial charge is 0.453 e. The molecule has 0 saturated carbocycles. The van der Waals surface area contributed by atoms with Crippen LogP contribution in [-0.4, -0.2) is 59.0 Å². The molecule has 146 valence electrons. The van der Waals surface area contributed by atoms with E-state index in [1.165, 1.54) is 13.3 Å². The number of morpholine rings is 1. The summed E-state index contributed by atoms with van der Waals surface area (Å²) in [6.07, 6.45) is -3.38. The molecular formula is C16H18F3N5O2S. The van der Waals surface area contributed by atoms with Gasteiger partial charge in [-0.3, -0.25) is 4.90 Å². The molecule has 11 heteroatoms. The maximum absolute atomic E-state index is 13.4. The second-order valence-electron chi connectivity index (χ2n) is 5.80. The van der Waals surface area contributed by atoms with Crippen LogP contribution in [0.2, 0.25) is 0 Å². The molecule has 1 aromatic heterocycles. The van der Waals surface area contributed by atoms with E-state index in [9.17, 15) is 13.2 Å². The first kappa shape index (κ1) is 19.5. The highest BCUT2D eigenvalue weighted by molar-refractivity contribution is 7.71. The van der Waals surface area contributed by atoms with E-state index < -0.39 is 12.0 Å². The molecule has 3 rings (SSSR count). The Balaban J connectivity index is 1.89. The third kappa shape index (κ3) is 4.73. The van der Waals surface area contributed by atoms with Crippen molar-refractivity contribution in [2.24, 2.45) is 5.10 Å². The van der Waals surface area contributed by atoms with Gasteiger partial charge in [-0.25, -0.2) is 4.68 Å². The fourth-order valence-corrected chi connectivity index (χ4v) is 2.75. The highest BCUT2D eigenvalue weighted by Crippen LogP contribution is 2.28. The number of hydrogen-bond donors (Lipinski definition) is 0. The molecule has 7 nitrogen and oxygen atoms in total. The van der Waals surface area contributed by atoms with E-state index in [1.807, 2.05) is 4.90 Å². The average Bonchev–Trinajstić information content (AvgIpc) is 2.97.